The van der Waals surface area contributed by atoms with Crippen molar-refractivity contribution >= 4 is 33.5 Å². The Bertz CT molecular complexity index is 490. The maximum atomic E-state index is 12.1. The molecule has 1 rings (SSSR count). The van der Waals surface area contributed by atoms with Gasteiger partial charge >= 0.3 is 5.97 Å². The number of anilines is 1. The third kappa shape index (κ3) is 3.80. The molecule has 2 unspecified atom stereocenters. The molecule has 0 aliphatic carbocycles. The van der Waals surface area contributed by atoms with Crippen molar-refractivity contribution in [3.8, 4) is 0 Å². The van der Waals surface area contributed by atoms with E-state index in [0.29, 0.717) is 0 Å². The second-order valence-electron chi connectivity index (χ2n) is 4.82. The van der Waals surface area contributed by atoms with Crippen molar-refractivity contribution in [3.63, 3.8) is 0 Å². The minimum atomic E-state index is -0.966. The van der Waals surface area contributed by atoms with Crippen LogP contribution in [0, 0.1) is 25.7 Å². The van der Waals surface area contributed by atoms with Crippen LogP contribution in [0.3, 0.4) is 0 Å². The number of amides is 1. The Morgan fingerprint density at radius 1 is 1.16 bits per heavy atom. The second kappa shape index (κ2) is 6.19. The molecule has 2 N–H and O–H groups in total. The van der Waals surface area contributed by atoms with Gasteiger partial charge in [0.2, 0.25) is 5.91 Å². The Labute approximate surface area is 121 Å². The zero-order valence-corrected chi connectivity index (χ0v) is 13.0. The van der Waals surface area contributed by atoms with Crippen molar-refractivity contribution in [1.29, 1.82) is 0 Å². The van der Waals surface area contributed by atoms with Gasteiger partial charge in [-0.25, -0.2) is 0 Å². The minimum absolute atomic E-state index is 0.275. The molecule has 4 nitrogen and oxygen atoms in total. The number of carbonyl (C=O) groups is 2. The molecule has 0 fully saturated rings. The molecule has 1 amide bonds. The van der Waals surface area contributed by atoms with E-state index in [9.17, 15) is 9.59 Å². The second-order valence-corrected chi connectivity index (χ2v) is 5.74. The van der Waals surface area contributed by atoms with Crippen LogP contribution in [-0.2, 0) is 9.59 Å². The van der Waals surface area contributed by atoms with Crippen LogP contribution < -0.4 is 5.32 Å². The number of benzene rings is 1. The van der Waals surface area contributed by atoms with Crippen LogP contribution in [0.15, 0.2) is 16.6 Å². The Hall–Kier alpha value is -1.36. The summed E-state index contributed by atoms with van der Waals surface area (Å²) in [5.41, 5.74) is 2.63. The van der Waals surface area contributed by atoms with Gasteiger partial charge < -0.3 is 10.4 Å². The molecule has 2 atom stereocenters. The highest BCUT2D eigenvalue weighted by Gasteiger charge is 2.26. The van der Waals surface area contributed by atoms with E-state index in [-0.39, 0.29) is 5.91 Å². The number of nitrogens with one attached hydrogen (secondary N) is 1. The summed E-state index contributed by atoms with van der Waals surface area (Å²) in [7, 11) is 0. The number of hydrogen-bond acceptors (Lipinski definition) is 2. The lowest BCUT2D eigenvalue weighted by molar-refractivity contribution is -0.145. The molecular formula is C14H18BrNO3. The van der Waals surface area contributed by atoms with Crippen LogP contribution >= 0.6 is 15.9 Å². The van der Waals surface area contributed by atoms with E-state index in [1.165, 1.54) is 6.92 Å². The van der Waals surface area contributed by atoms with Crippen molar-refractivity contribution < 1.29 is 14.7 Å². The molecule has 0 bridgehead atoms. The summed E-state index contributed by atoms with van der Waals surface area (Å²) in [5.74, 6) is -2.54. The standard InChI is InChI=1S/C14H18BrNO3/c1-7-5-11(15)6-8(2)12(7)16-13(17)9(3)10(4)14(18)19/h5-6,9-10H,1-4H3,(H,16,17)(H,18,19). The Balaban J connectivity index is 2.92. The number of hydrogen-bond donors (Lipinski definition) is 2. The molecule has 0 saturated carbocycles. The fraction of sp³-hybridized carbons (Fsp3) is 0.429. The third-order valence-corrected chi connectivity index (χ3v) is 3.76. The number of carboxylic acids is 1. The van der Waals surface area contributed by atoms with Crippen molar-refractivity contribution in [1.82, 2.24) is 0 Å². The molecule has 0 radical (unpaired) electrons. The first-order valence-electron chi connectivity index (χ1n) is 6.04. The molecule has 104 valence electrons. The monoisotopic (exact) mass is 327 g/mol. The minimum Gasteiger partial charge on any atom is -0.481 e. The Morgan fingerprint density at radius 3 is 2.05 bits per heavy atom. The summed E-state index contributed by atoms with van der Waals surface area (Å²) in [5, 5.41) is 11.7. The SMILES string of the molecule is Cc1cc(Br)cc(C)c1NC(=O)C(C)C(C)C(=O)O. The van der Waals surface area contributed by atoms with Gasteiger partial charge in [-0.05, 0) is 37.1 Å². The normalized spacial score (nSPS) is 13.7. The highest BCUT2D eigenvalue weighted by atomic mass is 79.9. The van der Waals surface area contributed by atoms with Gasteiger partial charge in [0, 0.05) is 16.1 Å². The summed E-state index contributed by atoms with van der Waals surface area (Å²) >= 11 is 3.39. The van der Waals surface area contributed by atoms with Gasteiger partial charge in [0.05, 0.1) is 5.92 Å². The van der Waals surface area contributed by atoms with Crippen LogP contribution in [0.25, 0.3) is 0 Å². The largest absolute Gasteiger partial charge is 0.481 e. The molecule has 0 aromatic heterocycles. The Morgan fingerprint density at radius 2 is 1.63 bits per heavy atom. The fourth-order valence-electron chi connectivity index (χ4n) is 1.79. The van der Waals surface area contributed by atoms with E-state index in [4.69, 9.17) is 5.11 Å². The van der Waals surface area contributed by atoms with E-state index >= 15 is 0 Å². The van der Waals surface area contributed by atoms with Crippen LogP contribution in [0.4, 0.5) is 5.69 Å². The molecule has 1 aromatic rings. The summed E-state index contributed by atoms with van der Waals surface area (Å²) < 4.78 is 0.951. The van der Waals surface area contributed by atoms with E-state index < -0.39 is 17.8 Å². The molecular weight excluding hydrogens is 310 g/mol. The van der Waals surface area contributed by atoms with Crippen molar-refractivity contribution in [2.45, 2.75) is 27.7 Å². The first-order chi connectivity index (χ1) is 8.73. The van der Waals surface area contributed by atoms with Gasteiger partial charge in [0.25, 0.3) is 0 Å². The lowest BCUT2D eigenvalue weighted by Crippen LogP contribution is -2.30. The van der Waals surface area contributed by atoms with Crippen molar-refractivity contribution in [2.75, 3.05) is 5.32 Å². The smallest absolute Gasteiger partial charge is 0.307 e. The maximum absolute atomic E-state index is 12.1. The molecule has 0 spiro atoms. The average Bonchev–Trinajstić information content (AvgIpc) is 2.31. The summed E-state index contributed by atoms with van der Waals surface area (Å²) in [6.45, 7) is 6.96. The number of carbonyl (C=O) groups excluding carboxylic acids is 1. The third-order valence-electron chi connectivity index (χ3n) is 3.30. The van der Waals surface area contributed by atoms with Crippen LogP contribution in [-0.4, -0.2) is 17.0 Å². The highest BCUT2D eigenvalue weighted by Crippen LogP contribution is 2.26. The van der Waals surface area contributed by atoms with Gasteiger partial charge in [-0.2, -0.15) is 0 Å². The molecule has 0 heterocycles. The first-order valence-corrected chi connectivity index (χ1v) is 6.83. The lowest BCUT2D eigenvalue weighted by Gasteiger charge is -2.18. The quantitative estimate of drug-likeness (QED) is 0.891. The van der Waals surface area contributed by atoms with Crippen LogP contribution in [0.1, 0.15) is 25.0 Å². The summed E-state index contributed by atoms with van der Waals surface area (Å²) in [6.07, 6.45) is 0. The van der Waals surface area contributed by atoms with E-state index in [0.717, 1.165) is 21.3 Å². The number of carboxylic acid groups (broad SMARTS) is 1. The predicted octanol–water partition coefficient (Wildman–Crippen LogP) is 3.36. The molecule has 0 aliphatic rings. The first kappa shape index (κ1) is 15.7. The summed E-state index contributed by atoms with van der Waals surface area (Å²) in [6, 6.07) is 3.82. The zero-order valence-electron chi connectivity index (χ0n) is 11.5. The lowest BCUT2D eigenvalue weighted by atomic mass is 9.95. The molecule has 5 heteroatoms. The van der Waals surface area contributed by atoms with Crippen LogP contribution in [0.2, 0.25) is 0 Å². The van der Waals surface area contributed by atoms with Gasteiger partial charge in [-0.15, -0.1) is 0 Å². The molecule has 1 aromatic carbocycles. The number of aliphatic carboxylic acids is 1. The van der Waals surface area contributed by atoms with Gasteiger partial charge in [0.15, 0.2) is 0 Å². The highest BCUT2D eigenvalue weighted by molar-refractivity contribution is 9.10. The summed E-state index contributed by atoms with van der Waals surface area (Å²) in [4.78, 5) is 23.0. The maximum Gasteiger partial charge on any atom is 0.307 e. The number of halogens is 1. The van der Waals surface area contributed by atoms with E-state index in [1.807, 2.05) is 26.0 Å². The topological polar surface area (TPSA) is 66.4 Å². The van der Waals surface area contributed by atoms with E-state index in [2.05, 4.69) is 21.2 Å². The van der Waals surface area contributed by atoms with Gasteiger partial charge in [0.1, 0.15) is 0 Å². The molecule has 0 saturated heterocycles. The predicted molar refractivity (Wildman–Crippen MR) is 78.2 cm³/mol. The van der Waals surface area contributed by atoms with Crippen LogP contribution in [0.5, 0.6) is 0 Å². The number of rotatable bonds is 4. The fourth-order valence-corrected chi connectivity index (χ4v) is 2.47. The molecule has 0 aliphatic heterocycles. The van der Waals surface area contributed by atoms with Crippen molar-refractivity contribution in [2.24, 2.45) is 11.8 Å². The van der Waals surface area contributed by atoms with E-state index in [1.54, 1.807) is 6.92 Å². The molecule has 19 heavy (non-hydrogen) atoms. The van der Waals surface area contributed by atoms with Crippen molar-refractivity contribution in [3.05, 3.63) is 27.7 Å². The van der Waals surface area contributed by atoms with Gasteiger partial charge in [-0.3, -0.25) is 9.59 Å². The van der Waals surface area contributed by atoms with Gasteiger partial charge in [-0.1, -0.05) is 29.8 Å². The number of aryl methyl sites for hydroxylation is 2. The average molecular weight is 328 g/mol. The zero-order chi connectivity index (χ0) is 14.7. The Kier molecular flexibility index (Phi) is 5.11.